The van der Waals surface area contributed by atoms with Crippen LogP contribution in [0.1, 0.15) is 24.1 Å². The topological polar surface area (TPSA) is 169 Å². The van der Waals surface area contributed by atoms with E-state index in [4.69, 9.17) is 0 Å². The molecule has 0 bridgehead atoms. The molecule has 1 saturated carbocycles. The second-order valence-corrected chi connectivity index (χ2v) is 8.11. The van der Waals surface area contributed by atoms with Gasteiger partial charge in [0.15, 0.2) is 26.0 Å². The lowest BCUT2D eigenvalue weighted by atomic mass is 10.3. The van der Waals surface area contributed by atoms with Crippen molar-refractivity contribution in [2.45, 2.75) is 23.9 Å². The fourth-order valence-electron chi connectivity index (χ4n) is 2.59. The lowest BCUT2D eigenvalue weighted by Crippen LogP contribution is -2.26. The van der Waals surface area contributed by atoms with Crippen LogP contribution < -0.4 is 16.4 Å². The number of fused-ring (bicyclic) bond motifs is 1. The molecule has 0 unspecified atom stereocenters. The van der Waals surface area contributed by atoms with Crippen molar-refractivity contribution in [3.63, 3.8) is 0 Å². The first kappa shape index (κ1) is 17.0. The van der Waals surface area contributed by atoms with E-state index in [9.17, 15) is 23.6 Å². The molecule has 12 heteroatoms. The van der Waals surface area contributed by atoms with Crippen LogP contribution in [-0.2, 0) is 9.84 Å². The summed E-state index contributed by atoms with van der Waals surface area (Å²) >= 11 is 0. The third kappa shape index (κ3) is 2.97. The Bertz CT molecular complexity index is 1400. The summed E-state index contributed by atoms with van der Waals surface area (Å²) < 4.78 is 25.6. The normalized spacial score (nSPS) is 16.1. The molecule has 3 aromatic rings. The summed E-state index contributed by atoms with van der Waals surface area (Å²) in [5, 5.41) is 23.3. The first-order chi connectivity index (χ1) is 12.8. The van der Waals surface area contributed by atoms with Crippen molar-refractivity contribution in [3.8, 4) is 11.9 Å². The Labute approximate surface area is 151 Å². The Morgan fingerprint density at radius 2 is 2.19 bits per heavy atom. The Balaban J connectivity index is 2.13. The van der Waals surface area contributed by atoms with Crippen molar-refractivity contribution in [1.82, 2.24) is 24.6 Å². The average Bonchev–Trinajstić information content (AvgIpc) is 3.23. The van der Waals surface area contributed by atoms with Crippen molar-refractivity contribution in [3.05, 3.63) is 38.6 Å². The maximum atomic E-state index is 12.2. The summed E-state index contributed by atoms with van der Waals surface area (Å²) in [4.78, 5) is 24.4. The van der Waals surface area contributed by atoms with Crippen LogP contribution >= 0.6 is 0 Å². The number of imidazole rings is 1. The number of sulfone groups is 1. The van der Waals surface area contributed by atoms with Crippen molar-refractivity contribution in [1.29, 1.82) is 5.26 Å². The average molecular weight is 387 g/mol. The molecule has 138 valence electrons. The van der Waals surface area contributed by atoms with Gasteiger partial charge >= 0.3 is 5.69 Å². The van der Waals surface area contributed by atoms with Gasteiger partial charge in [-0.05, 0) is 18.9 Å². The van der Waals surface area contributed by atoms with Crippen LogP contribution in [0.4, 0.5) is 0 Å². The number of hydrogen-bond donors (Lipinski definition) is 3. The van der Waals surface area contributed by atoms with E-state index < -0.39 is 15.5 Å². The molecule has 27 heavy (non-hydrogen) atoms. The molecule has 0 aliphatic heterocycles. The number of nitrogens with zero attached hydrogens (tertiary/aromatic N) is 5. The highest BCUT2D eigenvalue weighted by molar-refractivity contribution is 7.90. The Morgan fingerprint density at radius 3 is 2.74 bits per heavy atom. The maximum absolute atomic E-state index is 12.2. The van der Waals surface area contributed by atoms with Gasteiger partial charge < -0.3 is 10.1 Å². The van der Waals surface area contributed by atoms with Crippen LogP contribution in [0.15, 0.2) is 21.0 Å². The second kappa shape index (κ2) is 5.78. The van der Waals surface area contributed by atoms with Gasteiger partial charge in [-0.15, -0.1) is 0 Å². The van der Waals surface area contributed by atoms with Crippen molar-refractivity contribution < 1.29 is 13.5 Å². The van der Waals surface area contributed by atoms with E-state index in [0.717, 1.165) is 19.1 Å². The van der Waals surface area contributed by atoms with Gasteiger partial charge in [0.25, 0.3) is 0 Å². The fourth-order valence-corrected chi connectivity index (χ4v) is 3.35. The van der Waals surface area contributed by atoms with E-state index in [-0.39, 0.29) is 39.3 Å². The van der Waals surface area contributed by atoms with Gasteiger partial charge in [-0.25, -0.2) is 18.2 Å². The minimum atomic E-state index is -3.81. The van der Waals surface area contributed by atoms with E-state index in [1.54, 1.807) is 0 Å². The molecule has 4 rings (SSSR count). The van der Waals surface area contributed by atoms with Crippen LogP contribution in [0.2, 0.25) is 0 Å². The highest BCUT2D eigenvalue weighted by Crippen LogP contribution is 2.23. The summed E-state index contributed by atoms with van der Waals surface area (Å²) in [6.07, 6.45) is 5.43. The molecular weight excluding hydrogens is 374 g/mol. The summed E-state index contributed by atoms with van der Waals surface area (Å²) in [7, 11) is -3.81. The monoisotopic (exact) mass is 387 g/mol. The number of aromatic amines is 2. The van der Waals surface area contributed by atoms with Gasteiger partial charge in [-0.1, -0.05) is 0 Å². The SMILES string of the molecule is CS(=O)(=O)c1nc2c(=Cc3[nH]c(=O)[nH]c3O)cnn2c(=NC2CC2)c1C#N. The molecule has 0 saturated heterocycles. The van der Waals surface area contributed by atoms with Gasteiger partial charge in [0.2, 0.25) is 5.88 Å². The molecule has 1 aliphatic rings. The largest absolute Gasteiger partial charge is 0.493 e. The number of rotatable bonds is 3. The highest BCUT2D eigenvalue weighted by atomic mass is 32.2. The molecule has 0 spiro atoms. The highest BCUT2D eigenvalue weighted by Gasteiger charge is 2.25. The van der Waals surface area contributed by atoms with Crippen LogP contribution in [0.25, 0.3) is 11.7 Å². The lowest BCUT2D eigenvalue weighted by Gasteiger charge is -2.03. The van der Waals surface area contributed by atoms with E-state index >= 15 is 0 Å². The van der Waals surface area contributed by atoms with E-state index in [0.29, 0.717) is 5.22 Å². The van der Waals surface area contributed by atoms with Gasteiger partial charge in [0.05, 0.1) is 12.2 Å². The molecule has 11 nitrogen and oxygen atoms in total. The van der Waals surface area contributed by atoms with Gasteiger partial charge in [-0.2, -0.15) is 14.9 Å². The predicted molar refractivity (Wildman–Crippen MR) is 91.3 cm³/mol. The molecule has 3 heterocycles. The van der Waals surface area contributed by atoms with Crippen molar-refractivity contribution in [2.24, 2.45) is 4.99 Å². The Hall–Kier alpha value is -3.46. The first-order valence-corrected chi connectivity index (χ1v) is 9.76. The zero-order chi connectivity index (χ0) is 19.3. The van der Waals surface area contributed by atoms with E-state index in [2.05, 4.69) is 25.0 Å². The third-order valence-corrected chi connectivity index (χ3v) is 4.96. The summed E-state index contributed by atoms with van der Waals surface area (Å²) in [5.74, 6) is -0.376. The Kier molecular flexibility index (Phi) is 3.63. The summed E-state index contributed by atoms with van der Waals surface area (Å²) in [5.41, 5.74) is -0.421. The van der Waals surface area contributed by atoms with Crippen molar-refractivity contribution >= 4 is 21.6 Å². The number of nitrogens with one attached hydrogen (secondary N) is 2. The minimum absolute atomic E-state index is 0.0109. The van der Waals surface area contributed by atoms with Crippen molar-refractivity contribution in [2.75, 3.05) is 6.26 Å². The zero-order valence-corrected chi connectivity index (χ0v) is 14.8. The smallest absolute Gasteiger partial charge is 0.326 e. The molecule has 0 radical (unpaired) electrons. The van der Waals surface area contributed by atoms with Gasteiger partial charge in [-0.3, -0.25) is 9.98 Å². The number of aromatic nitrogens is 5. The second-order valence-electron chi connectivity index (χ2n) is 6.18. The predicted octanol–water partition coefficient (Wildman–Crippen LogP) is -1.66. The zero-order valence-electron chi connectivity index (χ0n) is 14.0. The van der Waals surface area contributed by atoms with Crippen LogP contribution in [0.5, 0.6) is 5.88 Å². The molecule has 0 aromatic carbocycles. The van der Waals surface area contributed by atoms with E-state index in [1.807, 2.05) is 6.07 Å². The molecular formula is C15H13N7O4S. The number of H-pyrrole nitrogens is 2. The number of nitriles is 1. The molecule has 0 atom stereocenters. The quantitative estimate of drug-likeness (QED) is 0.451. The lowest BCUT2D eigenvalue weighted by molar-refractivity contribution is 0.454. The van der Waals surface area contributed by atoms with Crippen LogP contribution in [0, 0.1) is 11.3 Å². The fraction of sp³-hybridized carbons (Fsp3) is 0.267. The molecule has 1 fully saturated rings. The first-order valence-electron chi connectivity index (χ1n) is 7.86. The van der Waals surface area contributed by atoms with Crippen LogP contribution in [-0.4, -0.2) is 50.4 Å². The maximum Gasteiger partial charge on any atom is 0.326 e. The van der Waals surface area contributed by atoms with E-state index in [1.165, 1.54) is 16.8 Å². The third-order valence-electron chi connectivity index (χ3n) is 3.97. The molecule has 1 aliphatic carbocycles. The Morgan fingerprint density at radius 1 is 1.44 bits per heavy atom. The van der Waals surface area contributed by atoms with Gasteiger partial charge in [0.1, 0.15) is 17.3 Å². The molecule has 0 amide bonds. The minimum Gasteiger partial charge on any atom is -0.493 e. The summed E-state index contributed by atoms with van der Waals surface area (Å²) in [6, 6.07) is 1.88. The summed E-state index contributed by atoms with van der Waals surface area (Å²) in [6.45, 7) is 0. The number of aromatic hydroxyl groups is 1. The number of hydrogen-bond acceptors (Lipinski definition) is 8. The van der Waals surface area contributed by atoms with Gasteiger partial charge in [0, 0.05) is 11.5 Å². The molecule has 3 N–H and O–H groups in total. The van der Waals surface area contributed by atoms with Crippen LogP contribution in [0.3, 0.4) is 0 Å². The molecule has 3 aromatic heterocycles. The standard InChI is InChI=1S/C15H13N7O4S/c1-27(25,26)14-9(5-16)12(18-8-2-3-8)22-11(20-14)7(6-17-22)4-10-13(23)21-15(24)19-10/h4,6,8,23H,2-3H2,1H3,(H2,19,21,24).